The van der Waals surface area contributed by atoms with Crippen molar-refractivity contribution < 1.29 is 4.42 Å². The third-order valence-corrected chi connectivity index (χ3v) is 11.0. The van der Waals surface area contributed by atoms with Crippen molar-refractivity contribution in [2.24, 2.45) is 0 Å². The number of nitrogens with zero attached hydrogens (tertiary/aromatic N) is 4. The number of aromatic nitrogens is 2. The second kappa shape index (κ2) is 11.8. The Labute approximate surface area is 315 Å². The van der Waals surface area contributed by atoms with Crippen LogP contribution < -0.4 is 0 Å². The molecule has 0 atom stereocenters. The summed E-state index contributed by atoms with van der Waals surface area (Å²) in [5.41, 5.74) is 12.4. The van der Waals surface area contributed by atoms with Crippen molar-refractivity contribution in [1.29, 1.82) is 10.5 Å². The lowest BCUT2D eigenvalue weighted by Gasteiger charge is -2.17. The third kappa shape index (κ3) is 4.51. The molecular weight excluding hydrogens is 673 g/mol. The summed E-state index contributed by atoms with van der Waals surface area (Å²) in [7, 11) is 0. The van der Waals surface area contributed by atoms with E-state index in [0.29, 0.717) is 11.1 Å². The van der Waals surface area contributed by atoms with E-state index in [4.69, 9.17) is 4.42 Å². The molecule has 11 rings (SSSR count). The molecule has 0 aliphatic heterocycles. The molecule has 254 valence electrons. The Kier molecular flexibility index (Phi) is 6.61. The summed E-state index contributed by atoms with van der Waals surface area (Å²) in [5.74, 6) is 0. The van der Waals surface area contributed by atoms with E-state index in [0.717, 1.165) is 88.4 Å². The Bertz CT molecular complexity index is 3420. The van der Waals surface area contributed by atoms with Gasteiger partial charge in [0.25, 0.3) is 0 Å². The summed E-state index contributed by atoms with van der Waals surface area (Å²) < 4.78 is 11.3. The minimum Gasteiger partial charge on any atom is -0.455 e. The first-order valence-corrected chi connectivity index (χ1v) is 18.2. The second-order valence-corrected chi connectivity index (χ2v) is 13.9. The van der Waals surface area contributed by atoms with Crippen LogP contribution in [0, 0.1) is 22.7 Å². The quantitative estimate of drug-likeness (QED) is 0.183. The van der Waals surface area contributed by atoms with Crippen LogP contribution in [0.1, 0.15) is 11.1 Å². The smallest absolute Gasteiger partial charge is 0.145 e. The van der Waals surface area contributed by atoms with Crippen molar-refractivity contribution in [1.82, 2.24) is 9.13 Å². The van der Waals surface area contributed by atoms with Crippen LogP contribution in [0.25, 0.3) is 99.2 Å². The summed E-state index contributed by atoms with van der Waals surface area (Å²) in [6.45, 7) is 0. The van der Waals surface area contributed by atoms with Crippen LogP contribution in [0.2, 0.25) is 0 Å². The van der Waals surface area contributed by atoms with Crippen LogP contribution >= 0.6 is 0 Å². The van der Waals surface area contributed by atoms with E-state index >= 15 is 0 Å². The molecule has 0 aliphatic rings. The molecule has 3 aromatic heterocycles. The molecule has 0 saturated heterocycles. The highest BCUT2D eigenvalue weighted by Gasteiger charge is 2.21. The first kappa shape index (κ1) is 30.7. The predicted molar refractivity (Wildman–Crippen MR) is 223 cm³/mol. The van der Waals surface area contributed by atoms with Crippen LogP contribution in [-0.4, -0.2) is 9.13 Å². The lowest BCUT2D eigenvalue weighted by molar-refractivity contribution is 0.673. The Morgan fingerprint density at radius 1 is 0.400 bits per heavy atom. The average Bonchev–Trinajstić information content (AvgIpc) is 3.91. The van der Waals surface area contributed by atoms with E-state index in [9.17, 15) is 10.5 Å². The zero-order chi connectivity index (χ0) is 36.6. The van der Waals surface area contributed by atoms with Gasteiger partial charge in [-0.05, 0) is 89.5 Å². The largest absolute Gasteiger partial charge is 0.455 e. The summed E-state index contributed by atoms with van der Waals surface area (Å²) in [4.78, 5) is 0. The number of hydrogen-bond acceptors (Lipinski definition) is 3. The molecule has 0 bridgehead atoms. The fourth-order valence-electron chi connectivity index (χ4n) is 8.60. The van der Waals surface area contributed by atoms with E-state index < -0.39 is 0 Å². The minimum absolute atomic E-state index is 0.551. The SMILES string of the molecule is N#Cc1ccccc1-c1ccc(C#N)c(-c2cc(-n3c4ccccc4c4ccccc43)cc(-n3c4ccccc4c4c5oc6ccccc6c5ccc43)c2)c1. The number of fused-ring (bicyclic) bond motifs is 10. The molecule has 0 fully saturated rings. The maximum atomic E-state index is 10.6. The molecule has 0 spiro atoms. The molecule has 0 N–H and O–H groups in total. The first-order chi connectivity index (χ1) is 27.2. The monoisotopic (exact) mass is 700 g/mol. The Hall–Kier alpha value is -7.86. The van der Waals surface area contributed by atoms with Gasteiger partial charge in [0.1, 0.15) is 11.2 Å². The molecule has 0 unspecified atom stereocenters. The van der Waals surface area contributed by atoms with Gasteiger partial charge in [0.15, 0.2) is 0 Å². The predicted octanol–water partition coefficient (Wildman–Crippen LogP) is 12.9. The molecule has 3 heterocycles. The van der Waals surface area contributed by atoms with Crippen LogP contribution in [0.5, 0.6) is 0 Å². The number of furan rings is 1. The van der Waals surface area contributed by atoms with Crippen molar-refractivity contribution in [3.8, 4) is 45.8 Å². The van der Waals surface area contributed by atoms with Gasteiger partial charge in [-0.3, -0.25) is 0 Å². The second-order valence-electron chi connectivity index (χ2n) is 13.9. The Balaban J connectivity index is 1.26. The normalized spacial score (nSPS) is 11.6. The highest BCUT2D eigenvalue weighted by molar-refractivity contribution is 6.24. The van der Waals surface area contributed by atoms with E-state index in [1.165, 1.54) is 10.8 Å². The topological polar surface area (TPSA) is 70.6 Å². The van der Waals surface area contributed by atoms with Gasteiger partial charge >= 0.3 is 0 Å². The van der Waals surface area contributed by atoms with Gasteiger partial charge in [0, 0.05) is 43.9 Å². The summed E-state index contributed by atoms with van der Waals surface area (Å²) in [6.07, 6.45) is 0. The van der Waals surface area contributed by atoms with Crippen molar-refractivity contribution in [2.75, 3.05) is 0 Å². The van der Waals surface area contributed by atoms with Crippen molar-refractivity contribution in [2.45, 2.75) is 0 Å². The fourth-order valence-corrected chi connectivity index (χ4v) is 8.60. The zero-order valence-corrected chi connectivity index (χ0v) is 29.4. The zero-order valence-electron chi connectivity index (χ0n) is 29.4. The lowest BCUT2D eigenvalue weighted by Crippen LogP contribution is -2.00. The molecule has 11 aromatic rings. The van der Waals surface area contributed by atoms with Crippen molar-refractivity contribution in [3.05, 3.63) is 181 Å². The van der Waals surface area contributed by atoms with E-state index in [1.54, 1.807) is 0 Å². The number of benzene rings is 8. The molecule has 5 heteroatoms. The van der Waals surface area contributed by atoms with Crippen LogP contribution in [-0.2, 0) is 0 Å². The molecular formula is C50H28N4O. The molecule has 0 saturated carbocycles. The molecule has 5 nitrogen and oxygen atoms in total. The van der Waals surface area contributed by atoms with Crippen molar-refractivity contribution in [3.63, 3.8) is 0 Å². The van der Waals surface area contributed by atoms with Crippen LogP contribution in [0.15, 0.2) is 174 Å². The molecule has 0 radical (unpaired) electrons. The first-order valence-electron chi connectivity index (χ1n) is 18.2. The van der Waals surface area contributed by atoms with E-state index in [2.05, 4.69) is 137 Å². The Morgan fingerprint density at radius 3 is 1.67 bits per heavy atom. The maximum absolute atomic E-state index is 10.6. The highest BCUT2D eigenvalue weighted by atomic mass is 16.3. The van der Waals surface area contributed by atoms with Gasteiger partial charge in [-0.1, -0.05) is 97.1 Å². The summed E-state index contributed by atoms with van der Waals surface area (Å²) in [6, 6.07) is 63.0. The van der Waals surface area contributed by atoms with Gasteiger partial charge in [0.2, 0.25) is 0 Å². The third-order valence-electron chi connectivity index (χ3n) is 11.0. The summed E-state index contributed by atoms with van der Waals surface area (Å²) >= 11 is 0. The van der Waals surface area contributed by atoms with E-state index in [1.807, 2.05) is 54.6 Å². The number of rotatable bonds is 4. The number of para-hydroxylation sites is 4. The van der Waals surface area contributed by atoms with E-state index in [-0.39, 0.29) is 0 Å². The molecule has 55 heavy (non-hydrogen) atoms. The van der Waals surface area contributed by atoms with Gasteiger partial charge < -0.3 is 13.6 Å². The fraction of sp³-hybridized carbons (Fsp3) is 0. The van der Waals surface area contributed by atoms with Gasteiger partial charge in [-0.15, -0.1) is 0 Å². The lowest BCUT2D eigenvalue weighted by atomic mass is 9.92. The highest BCUT2D eigenvalue weighted by Crippen LogP contribution is 2.43. The van der Waals surface area contributed by atoms with Crippen LogP contribution in [0.3, 0.4) is 0 Å². The average molecular weight is 701 g/mol. The van der Waals surface area contributed by atoms with Crippen LogP contribution in [0.4, 0.5) is 0 Å². The number of hydrogen-bond donors (Lipinski definition) is 0. The van der Waals surface area contributed by atoms with Crippen molar-refractivity contribution >= 4 is 65.6 Å². The molecule has 0 aliphatic carbocycles. The van der Waals surface area contributed by atoms with Gasteiger partial charge in [0.05, 0.1) is 50.7 Å². The standard InChI is InChI=1S/C50H28N4O/c51-29-32-11-1-2-12-37(32)31-21-22-33(30-52)43(27-31)34-25-35(53-44-17-7-3-13-38(44)39-14-4-8-18-45(39)53)28-36(26-34)54-46-19-9-5-16-42(46)49-47(54)24-23-41-40-15-6-10-20-48(40)55-50(41)49/h1-28H. The molecule has 0 amide bonds. The molecule has 8 aromatic carbocycles. The minimum atomic E-state index is 0.551. The van der Waals surface area contributed by atoms with Gasteiger partial charge in [-0.2, -0.15) is 10.5 Å². The maximum Gasteiger partial charge on any atom is 0.145 e. The number of nitriles is 2. The van der Waals surface area contributed by atoms with Gasteiger partial charge in [-0.25, -0.2) is 0 Å². The Morgan fingerprint density at radius 2 is 0.964 bits per heavy atom. The summed E-state index contributed by atoms with van der Waals surface area (Å²) in [5, 5.41) is 27.2.